The zero-order valence-corrected chi connectivity index (χ0v) is 13.8. The van der Waals surface area contributed by atoms with E-state index >= 15 is 0 Å². The van der Waals surface area contributed by atoms with Crippen LogP contribution < -0.4 is 10.9 Å². The third-order valence-corrected chi connectivity index (χ3v) is 4.83. The Balaban J connectivity index is 1.73. The molecule has 3 rings (SSSR count). The molecule has 0 spiro atoms. The normalized spacial score (nSPS) is 12.2. The van der Waals surface area contributed by atoms with Crippen molar-refractivity contribution in [2.45, 2.75) is 6.42 Å². The molecule has 0 radical (unpaired) electrons. The predicted octanol–water partition coefficient (Wildman–Crippen LogP) is 2.17. The number of aliphatic hydroxyl groups is 1. The summed E-state index contributed by atoms with van der Waals surface area (Å²) in [6.07, 6.45) is 2.16. The van der Waals surface area contributed by atoms with Gasteiger partial charge in [-0.3, -0.25) is 9.59 Å². The lowest BCUT2D eigenvalue weighted by Crippen LogP contribution is -2.32. The summed E-state index contributed by atoms with van der Waals surface area (Å²) in [4.78, 5) is 28.1. The van der Waals surface area contributed by atoms with Gasteiger partial charge in [-0.2, -0.15) is 0 Å². The smallest absolute Gasteiger partial charge is 0.255 e. The van der Waals surface area contributed by atoms with Gasteiger partial charge >= 0.3 is 0 Å². The van der Waals surface area contributed by atoms with E-state index in [1.165, 1.54) is 11.1 Å². The number of hydrogen-bond donors (Lipinski definition) is 3. The molecule has 3 N–H and O–H groups in total. The van der Waals surface area contributed by atoms with Gasteiger partial charge in [0.1, 0.15) is 0 Å². The number of H-pyrrole nitrogens is 1. The Morgan fingerprint density at radius 1 is 1.21 bits per heavy atom. The maximum absolute atomic E-state index is 12.5. The van der Waals surface area contributed by atoms with Crippen LogP contribution in [0.15, 0.2) is 52.8 Å². The van der Waals surface area contributed by atoms with Gasteiger partial charge in [0.15, 0.2) is 0 Å². The van der Waals surface area contributed by atoms with Gasteiger partial charge in [-0.05, 0) is 23.9 Å². The van der Waals surface area contributed by atoms with Gasteiger partial charge in [0.25, 0.3) is 11.5 Å². The van der Waals surface area contributed by atoms with Crippen LogP contribution >= 0.6 is 11.3 Å². The molecular weight excluding hydrogens is 324 g/mol. The average Bonchev–Trinajstić information content (AvgIpc) is 3.12. The number of pyridine rings is 1. The van der Waals surface area contributed by atoms with Gasteiger partial charge in [-0.1, -0.05) is 24.3 Å². The molecule has 124 valence electrons. The monoisotopic (exact) mass is 342 g/mol. The molecule has 24 heavy (non-hydrogen) atoms. The molecule has 0 saturated carbocycles. The Kier molecular flexibility index (Phi) is 5.08. The molecule has 6 heteroatoms. The molecule has 1 atom stereocenters. The Bertz CT molecular complexity index is 887. The maximum atomic E-state index is 12.5. The lowest BCUT2D eigenvalue weighted by atomic mass is 10.0. The van der Waals surface area contributed by atoms with Crippen LogP contribution in [0.25, 0.3) is 10.8 Å². The standard InChI is InChI=1S/C18H18N2O3S/c21-11-12(8-13-4-3-7-24-13)9-19-18(23)16-10-20-17(22)15-6-2-1-5-14(15)16/h1-7,10,12,21H,8-9,11H2,(H,19,23)(H,20,22)/t12-/m0/s1. The highest BCUT2D eigenvalue weighted by atomic mass is 32.1. The fourth-order valence-corrected chi connectivity index (χ4v) is 3.46. The van der Waals surface area contributed by atoms with Crippen LogP contribution in [0.4, 0.5) is 0 Å². The first-order chi connectivity index (χ1) is 11.7. The largest absolute Gasteiger partial charge is 0.396 e. The molecule has 2 aromatic heterocycles. The molecule has 0 aliphatic rings. The van der Waals surface area contributed by atoms with Crippen LogP contribution in [0.2, 0.25) is 0 Å². The molecule has 0 aliphatic heterocycles. The Morgan fingerprint density at radius 2 is 2.00 bits per heavy atom. The quantitative estimate of drug-likeness (QED) is 0.642. The van der Waals surface area contributed by atoms with E-state index in [-0.39, 0.29) is 24.0 Å². The van der Waals surface area contributed by atoms with Gasteiger partial charge < -0.3 is 15.4 Å². The molecular formula is C18H18N2O3S. The first-order valence-electron chi connectivity index (χ1n) is 7.71. The lowest BCUT2D eigenvalue weighted by Gasteiger charge is -2.14. The fourth-order valence-electron chi connectivity index (χ4n) is 2.64. The van der Waals surface area contributed by atoms with Crippen molar-refractivity contribution < 1.29 is 9.90 Å². The summed E-state index contributed by atoms with van der Waals surface area (Å²) in [5.41, 5.74) is 0.214. The van der Waals surface area contributed by atoms with Crippen molar-refractivity contribution in [3.8, 4) is 0 Å². The minimum Gasteiger partial charge on any atom is -0.396 e. The third kappa shape index (κ3) is 3.55. The van der Waals surface area contributed by atoms with Gasteiger partial charge in [-0.15, -0.1) is 11.3 Å². The summed E-state index contributed by atoms with van der Waals surface area (Å²) in [5, 5.41) is 15.5. The number of hydrogen-bond acceptors (Lipinski definition) is 4. The number of amides is 1. The second-order valence-corrected chi connectivity index (χ2v) is 6.65. The van der Waals surface area contributed by atoms with E-state index in [0.717, 1.165) is 6.42 Å². The van der Waals surface area contributed by atoms with Crippen molar-refractivity contribution in [2.75, 3.05) is 13.2 Å². The number of fused-ring (bicyclic) bond motifs is 1. The summed E-state index contributed by atoms with van der Waals surface area (Å²) in [7, 11) is 0. The molecule has 1 aromatic carbocycles. The fraction of sp³-hybridized carbons (Fsp3) is 0.222. The molecule has 5 nitrogen and oxygen atoms in total. The van der Waals surface area contributed by atoms with Crippen molar-refractivity contribution in [1.82, 2.24) is 10.3 Å². The van der Waals surface area contributed by atoms with Gasteiger partial charge in [0, 0.05) is 40.9 Å². The Labute approximate surface area is 143 Å². The molecule has 1 amide bonds. The average molecular weight is 342 g/mol. The predicted molar refractivity (Wildman–Crippen MR) is 95.5 cm³/mol. The first kappa shape index (κ1) is 16.4. The van der Waals surface area contributed by atoms with E-state index in [4.69, 9.17) is 0 Å². The molecule has 0 saturated heterocycles. The lowest BCUT2D eigenvalue weighted by molar-refractivity contribution is 0.0941. The number of carbonyl (C=O) groups excluding carboxylic acids is 1. The highest BCUT2D eigenvalue weighted by Crippen LogP contribution is 2.16. The van der Waals surface area contributed by atoms with Crippen LogP contribution in [-0.2, 0) is 6.42 Å². The van der Waals surface area contributed by atoms with Gasteiger partial charge in [-0.25, -0.2) is 0 Å². The van der Waals surface area contributed by atoms with Gasteiger partial charge in [0.2, 0.25) is 0 Å². The SMILES string of the molecule is O=C(NC[C@@H](CO)Cc1cccs1)c1c[nH]c(=O)c2ccccc12. The number of benzene rings is 1. The Hall–Kier alpha value is -2.44. The number of nitrogens with one attached hydrogen (secondary N) is 2. The minimum atomic E-state index is -0.257. The van der Waals surface area contributed by atoms with E-state index in [1.807, 2.05) is 17.5 Å². The molecule has 3 aromatic rings. The molecule has 0 aliphatic carbocycles. The molecule has 0 bridgehead atoms. The van der Waals surface area contributed by atoms with Crippen LogP contribution in [0, 0.1) is 5.92 Å². The van der Waals surface area contributed by atoms with Crippen LogP contribution in [0.5, 0.6) is 0 Å². The molecule has 0 unspecified atom stereocenters. The number of aromatic amines is 1. The summed E-state index contributed by atoms with van der Waals surface area (Å²) >= 11 is 1.64. The number of aromatic nitrogens is 1. The van der Waals surface area contributed by atoms with Crippen molar-refractivity contribution in [3.63, 3.8) is 0 Å². The number of aliphatic hydroxyl groups excluding tert-OH is 1. The van der Waals surface area contributed by atoms with E-state index in [1.54, 1.807) is 35.6 Å². The summed E-state index contributed by atoms with van der Waals surface area (Å²) < 4.78 is 0. The van der Waals surface area contributed by atoms with Crippen LogP contribution in [0.3, 0.4) is 0 Å². The highest BCUT2D eigenvalue weighted by Gasteiger charge is 2.15. The zero-order valence-electron chi connectivity index (χ0n) is 13.0. The summed E-state index contributed by atoms with van der Waals surface area (Å²) in [6.45, 7) is 0.380. The number of rotatable bonds is 6. The van der Waals surface area contributed by atoms with Crippen LogP contribution in [-0.4, -0.2) is 29.1 Å². The molecule has 0 fully saturated rings. The van der Waals surface area contributed by atoms with E-state index in [9.17, 15) is 14.7 Å². The zero-order chi connectivity index (χ0) is 16.9. The topological polar surface area (TPSA) is 82.2 Å². The third-order valence-electron chi connectivity index (χ3n) is 3.93. The van der Waals surface area contributed by atoms with Crippen molar-refractivity contribution in [1.29, 1.82) is 0 Å². The van der Waals surface area contributed by atoms with Crippen molar-refractivity contribution in [2.24, 2.45) is 5.92 Å². The van der Waals surface area contributed by atoms with Gasteiger partial charge in [0.05, 0.1) is 5.56 Å². The van der Waals surface area contributed by atoms with Crippen molar-refractivity contribution >= 4 is 28.0 Å². The van der Waals surface area contributed by atoms with E-state index in [2.05, 4.69) is 10.3 Å². The summed E-state index contributed by atoms with van der Waals surface area (Å²) in [6, 6.07) is 11.0. The maximum Gasteiger partial charge on any atom is 0.255 e. The van der Waals surface area contributed by atoms with E-state index < -0.39 is 0 Å². The number of carbonyl (C=O) groups is 1. The number of thiophene rings is 1. The second-order valence-electron chi connectivity index (χ2n) is 5.62. The second kappa shape index (κ2) is 7.42. The highest BCUT2D eigenvalue weighted by molar-refractivity contribution is 7.09. The first-order valence-corrected chi connectivity index (χ1v) is 8.59. The van der Waals surface area contributed by atoms with E-state index in [0.29, 0.717) is 22.9 Å². The Morgan fingerprint density at radius 3 is 2.71 bits per heavy atom. The van der Waals surface area contributed by atoms with Crippen molar-refractivity contribution in [3.05, 3.63) is 68.8 Å². The minimum absolute atomic E-state index is 0.00451. The van der Waals surface area contributed by atoms with Crippen LogP contribution in [0.1, 0.15) is 15.2 Å². The summed E-state index contributed by atoms with van der Waals surface area (Å²) in [5.74, 6) is -0.297. The molecule has 2 heterocycles.